The molecule has 0 aliphatic rings. The van der Waals surface area contributed by atoms with Gasteiger partial charge in [0.15, 0.2) is 0 Å². The van der Waals surface area contributed by atoms with Crippen molar-refractivity contribution >= 4 is 50.2 Å². The summed E-state index contributed by atoms with van der Waals surface area (Å²) >= 11 is 13.0. The van der Waals surface area contributed by atoms with Crippen LogP contribution in [0.2, 0.25) is 4.34 Å². The van der Waals surface area contributed by atoms with E-state index in [1.54, 1.807) is 22.7 Å². The predicted molar refractivity (Wildman–Crippen MR) is 81.6 cm³/mol. The van der Waals surface area contributed by atoms with Crippen LogP contribution < -0.4 is 5.32 Å². The zero-order chi connectivity index (χ0) is 12.4. The minimum atomic E-state index is 0.257. The summed E-state index contributed by atoms with van der Waals surface area (Å²) in [4.78, 5) is 2.60. The van der Waals surface area contributed by atoms with Crippen molar-refractivity contribution in [3.05, 3.63) is 41.6 Å². The average Bonchev–Trinajstić information content (AvgIpc) is 2.83. The Morgan fingerprint density at radius 1 is 1.35 bits per heavy atom. The lowest BCUT2D eigenvalue weighted by Gasteiger charge is -2.14. The van der Waals surface area contributed by atoms with E-state index in [4.69, 9.17) is 11.6 Å². The molecule has 0 spiro atoms. The Kier molecular flexibility index (Phi) is 4.66. The van der Waals surface area contributed by atoms with Crippen molar-refractivity contribution in [3.63, 3.8) is 0 Å². The molecule has 1 N–H and O–H groups in total. The SMILES string of the molecule is CCNC(c1ccc(Cl)s1)c1cc(C)c(Br)s1. The Morgan fingerprint density at radius 2 is 2.12 bits per heavy atom. The molecule has 1 atom stereocenters. The van der Waals surface area contributed by atoms with Gasteiger partial charge in [-0.3, -0.25) is 0 Å². The summed E-state index contributed by atoms with van der Waals surface area (Å²) in [6, 6.07) is 6.55. The van der Waals surface area contributed by atoms with E-state index in [0.29, 0.717) is 0 Å². The van der Waals surface area contributed by atoms with Gasteiger partial charge in [0.2, 0.25) is 0 Å². The van der Waals surface area contributed by atoms with Gasteiger partial charge in [-0.15, -0.1) is 22.7 Å². The van der Waals surface area contributed by atoms with Gasteiger partial charge in [0.05, 0.1) is 14.2 Å². The fourth-order valence-electron chi connectivity index (χ4n) is 1.65. The third-order valence-electron chi connectivity index (χ3n) is 2.45. The molecule has 1 unspecified atom stereocenters. The van der Waals surface area contributed by atoms with Gasteiger partial charge in [0.25, 0.3) is 0 Å². The Balaban J connectivity index is 2.34. The van der Waals surface area contributed by atoms with Crippen LogP contribution in [0.25, 0.3) is 0 Å². The number of halogens is 2. The van der Waals surface area contributed by atoms with Crippen molar-refractivity contribution in [2.75, 3.05) is 6.54 Å². The van der Waals surface area contributed by atoms with Gasteiger partial charge in [-0.2, -0.15) is 0 Å². The zero-order valence-electron chi connectivity index (χ0n) is 9.59. The first-order chi connectivity index (χ1) is 8.11. The number of thiophene rings is 2. The molecule has 0 amide bonds. The average molecular weight is 351 g/mol. The number of hydrogen-bond acceptors (Lipinski definition) is 3. The normalized spacial score (nSPS) is 12.9. The maximum absolute atomic E-state index is 6.01. The summed E-state index contributed by atoms with van der Waals surface area (Å²) in [5.74, 6) is 0. The molecule has 92 valence electrons. The zero-order valence-corrected chi connectivity index (χ0v) is 13.6. The number of nitrogens with one attached hydrogen (secondary N) is 1. The molecule has 0 aliphatic heterocycles. The summed E-state index contributed by atoms with van der Waals surface area (Å²) in [6.45, 7) is 5.18. The van der Waals surface area contributed by atoms with Gasteiger partial charge in [-0.1, -0.05) is 18.5 Å². The van der Waals surface area contributed by atoms with Gasteiger partial charge in [0, 0.05) is 9.75 Å². The molecule has 0 aromatic carbocycles. The highest BCUT2D eigenvalue weighted by molar-refractivity contribution is 9.11. The lowest BCUT2D eigenvalue weighted by atomic mass is 10.2. The lowest BCUT2D eigenvalue weighted by molar-refractivity contribution is 0.648. The molecule has 0 aliphatic carbocycles. The molecule has 2 heterocycles. The third-order valence-corrected chi connectivity index (χ3v) is 5.95. The second-order valence-corrected chi connectivity index (χ2v) is 7.89. The van der Waals surface area contributed by atoms with E-state index in [1.165, 1.54) is 19.1 Å². The van der Waals surface area contributed by atoms with Crippen molar-refractivity contribution < 1.29 is 0 Å². The summed E-state index contributed by atoms with van der Waals surface area (Å²) in [5.41, 5.74) is 1.29. The standard InChI is InChI=1S/C12H13BrClNS2/c1-3-15-11(8-4-5-10(14)16-8)9-6-7(2)12(13)17-9/h4-6,11,15H,3H2,1-2H3. The predicted octanol–water partition coefficient (Wildman–Crippen LogP) is 5.23. The summed E-state index contributed by atoms with van der Waals surface area (Å²) in [5, 5.41) is 3.51. The fourth-order valence-corrected chi connectivity index (χ4v) is 4.55. The molecule has 0 saturated heterocycles. The Hall–Kier alpha value is 0.130. The summed E-state index contributed by atoms with van der Waals surface area (Å²) in [7, 11) is 0. The number of rotatable bonds is 4. The van der Waals surface area contributed by atoms with Crippen molar-refractivity contribution in [2.45, 2.75) is 19.9 Å². The van der Waals surface area contributed by atoms with Crippen LogP contribution in [0.4, 0.5) is 0 Å². The van der Waals surface area contributed by atoms with Crippen LogP contribution in [-0.2, 0) is 0 Å². The molecule has 5 heteroatoms. The highest BCUT2D eigenvalue weighted by Crippen LogP contribution is 2.37. The van der Waals surface area contributed by atoms with Crippen LogP contribution >= 0.6 is 50.2 Å². The Labute approximate surface area is 123 Å². The van der Waals surface area contributed by atoms with Crippen molar-refractivity contribution in [1.29, 1.82) is 0 Å². The molecule has 2 rings (SSSR count). The van der Waals surface area contributed by atoms with E-state index in [-0.39, 0.29) is 6.04 Å². The second-order valence-electron chi connectivity index (χ2n) is 3.74. The van der Waals surface area contributed by atoms with Crippen molar-refractivity contribution in [1.82, 2.24) is 5.32 Å². The Morgan fingerprint density at radius 3 is 2.59 bits per heavy atom. The largest absolute Gasteiger partial charge is 0.305 e. The quantitative estimate of drug-likeness (QED) is 0.796. The molecular formula is C12H13BrClNS2. The highest BCUT2D eigenvalue weighted by atomic mass is 79.9. The molecule has 17 heavy (non-hydrogen) atoms. The molecule has 2 aromatic heterocycles. The molecule has 0 fully saturated rings. The van der Waals surface area contributed by atoms with E-state index < -0.39 is 0 Å². The molecule has 1 nitrogen and oxygen atoms in total. The monoisotopic (exact) mass is 349 g/mol. The molecule has 0 bridgehead atoms. The smallest absolute Gasteiger partial charge is 0.0931 e. The van der Waals surface area contributed by atoms with Gasteiger partial charge in [-0.05, 0) is 53.2 Å². The van der Waals surface area contributed by atoms with Crippen LogP contribution in [0.15, 0.2) is 22.0 Å². The topological polar surface area (TPSA) is 12.0 Å². The fraction of sp³-hybridized carbons (Fsp3) is 0.333. The van der Waals surface area contributed by atoms with Gasteiger partial charge >= 0.3 is 0 Å². The number of aryl methyl sites for hydroxylation is 1. The maximum atomic E-state index is 6.01. The first-order valence-corrected chi connectivity index (χ1v) is 8.16. The number of hydrogen-bond donors (Lipinski definition) is 1. The lowest BCUT2D eigenvalue weighted by Crippen LogP contribution is -2.20. The van der Waals surface area contributed by atoms with Crippen LogP contribution in [0, 0.1) is 6.92 Å². The van der Waals surface area contributed by atoms with E-state index in [9.17, 15) is 0 Å². The van der Waals surface area contributed by atoms with Crippen molar-refractivity contribution in [2.24, 2.45) is 0 Å². The first-order valence-electron chi connectivity index (χ1n) is 5.36. The van der Waals surface area contributed by atoms with Gasteiger partial charge in [0.1, 0.15) is 0 Å². The van der Waals surface area contributed by atoms with Crippen LogP contribution in [0.3, 0.4) is 0 Å². The van der Waals surface area contributed by atoms with Crippen LogP contribution in [0.5, 0.6) is 0 Å². The third kappa shape index (κ3) is 3.12. The van der Waals surface area contributed by atoms with Gasteiger partial charge < -0.3 is 5.32 Å². The summed E-state index contributed by atoms with van der Waals surface area (Å²) < 4.78 is 2.05. The molecule has 2 aromatic rings. The Bertz CT molecular complexity index is 487. The van der Waals surface area contributed by atoms with E-state index in [1.807, 2.05) is 6.07 Å². The maximum Gasteiger partial charge on any atom is 0.0931 e. The van der Waals surface area contributed by atoms with E-state index >= 15 is 0 Å². The molecular weight excluding hydrogens is 338 g/mol. The first kappa shape index (κ1) is 13.6. The van der Waals surface area contributed by atoms with E-state index in [2.05, 4.69) is 47.2 Å². The van der Waals surface area contributed by atoms with Crippen LogP contribution in [0.1, 0.15) is 28.3 Å². The highest BCUT2D eigenvalue weighted by Gasteiger charge is 2.18. The van der Waals surface area contributed by atoms with Crippen molar-refractivity contribution in [3.8, 4) is 0 Å². The molecule has 0 saturated carbocycles. The molecule has 0 radical (unpaired) electrons. The minimum absolute atomic E-state index is 0.257. The van der Waals surface area contributed by atoms with Crippen LogP contribution in [-0.4, -0.2) is 6.54 Å². The second kappa shape index (κ2) is 5.85. The van der Waals surface area contributed by atoms with E-state index in [0.717, 1.165) is 10.9 Å². The summed E-state index contributed by atoms with van der Waals surface area (Å²) in [6.07, 6.45) is 0. The van der Waals surface area contributed by atoms with Gasteiger partial charge in [-0.25, -0.2) is 0 Å². The minimum Gasteiger partial charge on any atom is -0.305 e.